The van der Waals surface area contributed by atoms with Gasteiger partial charge in [-0.1, -0.05) is 6.92 Å². The fraction of sp³-hybridized carbons (Fsp3) is 0.462. The van der Waals surface area contributed by atoms with E-state index in [0.29, 0.717) is 0 Å². The number of nitrogens with one attached hydrogen (secondary N) is 2. The molecule has 2 heterocycles. The van der Waals surface area contributed by atoms with Gasteiger partial charge in [-0.05, 0) is 37.9 Å². The number of rotatable bonds is 2. The van der Waals surface area contributed by atoms with E-state index in [2.05, 4.69) is 22.2 Å². The summed E-state index contributed by atoms with van der Waals surface area (Å²) < 4.78 is 0. The molecule has 3 rings (SSSR count). The number of hydrogen-bond donors (Lipinski definition) is 3. The van der Waals surface area contributed by atoms with E-state index in [1.54, 1.807) is 12.1 Å². The van der Waals surface area contributed by atoms with Crippen LogP contribution in [0.2, 0.25) is 0 Å². The van der Waals surface area contributed by atoms with Gasteiger partial charge in [-0.15, -0.1) is 0 Å². The van der Waals surface area contributed by atoms with E-state index in [9.17, 15) is 5.11 Å². The Hall–Kier alpha value is -1.55. The second-order valence-corrected chi connectivity index (χ2v) is 4.75. The monoisotopic (exact) mass is 231 g/mol. The van der Waals surface area contributed by atoms with Crippen molar-refractivity contribution in [1.29, 1.82) is 0 Å². The van der Waals surface area contributed by atoms with Crippen molar-refractivity contribution in [1.82, 2.24) is 15.3 Å². The number of imidazole rings is 1. The van der Waals surface area contributed by atoms with Crippen molar-refractivity contribution in [2.24, 2.45) is 0 Å². The highest BCUT2D eigenvalue weighted by Crippen LogP contribution is 2.33. The first-order valence-electron chi connectivity index (χ1n) is 6.18. The summed E-state index contributed by atoms with van der Waals surface area (Å²) in [6.45, 7) is 3.24. The number of aromatic nitrogens is 2. The fourth-order valence-electron chi connectivity index (χ4n) is 2.70. The van der Waals surface area contributed by atoms with Crippen LogP contribution in [0.3, 0.4) is 0 Å². The number of H-pyrrole nitrogens is 1. The van der Waals surface area contributed by atoms with E-state index in [1.165, 1.54) is 6.42 Å². The van der Waals surface area contributed by atoms with Crippen molar-refractivity contribution in [3.63, 3.8) is 0 Å². The first-order valence-corrected chi connectivity index (χ1v) is 6.18. The molecule has 1 saturated heterocycles. The Bertz CT molecular complexity index is 541. The average Bonchev–Trinajstić information content (AvgIpc) is 2.94. The topological polar surface area (TPSA) is 60.9 Å². The molecule has 4 heteroatoms. The first-order chi connectivity index (χ1) is 8.23. The van der Waals surface area contributed by atoms with E-state index in [0.717, 1.165) is 36.2 Å². The molecule has 0 aliphatic carbocycles. The van der Waals surface area contributed by atoms with Crippen LogP contribution >= 0.6 is 0 Å². The molecule has 1 atom stereocenters. The number of fused-ring (bicyclic) bond motifs is 1. The molecule has 4 nitrogen and oxygen atoms in total. The lowest BCUT2D eigenvalue weighted by Gasteiger charge is -2.25. The number of aromatic hydroxyl groups is 1. The van der Waals surface area contributed by atoms with Crippen LogP contribution in [0.4, 0.5) is 0 Å². The fourth-order valence-corrected chi connectivity index (χ4v) is 2.70. The van der Waals surface area contributed by atoms with Crippen molar-refractivity contribution < 1.29 is 5.11 Å². The Labute approximate surface area is 100 Å². The standard InChI is InChI=1S/C13H17N3O/c1-2-13(6-3-7-14-13)12-15-10-5-4-9(17)8-11(10)16-12/h4-5,8,14,17H,2-3,6-7H2,1H3,(H,15,16). The summed E-state index contributed by atoms with van der Waals surface area (Å²) in [5.41, 5.74) is 1.81. The third-order valence-corrected chi connectivity index (χ3v) is 3.77. The normalized spacial score (nSPS) is 24.5. The van der Waals surface area contributed by atoms with Crippen LogP contribution in [-0.2, 0) is 5.54 Å². The molecule has 0 amide bonds. The van der Waals surface area contributed by atoms with E-state index in [1.807, 2.05) is 6.07 Å². The zero-order chi connectivity index (χ0) is 11.9. The first kappa shape index (κ1) is 10.6. The second-order valence-electron chi connectivity index (χ2n) is 4.75. The zero-order valence-electron chi connectivity index (χ0n) is 9.95. The molecule has 1 unspecified atom stereocenters. The Morgan fingerprint density at radius 2 is 2.35 bits per heavy atom. The molecule has 0 spiro atoms. The maximum Gasteiger partial charge on any atom is 0.127 e. The number of benzene rings is 1. The maximum absolute atomic E-state index is 9.46. The smallest absolute Gasteiger partial charge is 0.127 e. The largest absolute Gasteiger partial charge is 0.508 e. The van der Waals surface area contributed by atoms with Gasteiger partial charge in [0.05, 0.1) is 16.6 Å². The highest BCUT2D eigenvalue weighted by molar-refractivity contribution is 5.76. The minimum absolute atomic E-state index is 0.00532. The predicted octanol–water partition coefficient (Wildman–Crippen LogP) is 2.26. The Kier molecular flexibility index (Phi) is 2.33. The molecule has 90 valence electrons. The molecule has 0 bridgehead atoms. The van der Waals surface area contributed by atoms with Crippen LogP contribution in [0.1, 0.15) is 32.0 Å². The van der Waals surface area contributed by atoms with Gasteiger partial charge in [0.25, 0.3) is 0 Å². The predicted molar refractivity (Wildman–Crippen MR) is 67.0 cm³/mol. The Balaban J connectivity index is 2.11. The van der Waals surface area contributed by atoms with Gasteiger partial charge in [-0.25, -0.2) is 4.98 Å². The highest BCUT2D eigenvalue weighted by atomic mass is 16.3. The van der Waals surface area contributed by atoms with Crippen LogP contribution < -0.4 is 5.32 Å². The lowest BCUT2D eigenvalue weighted by atomic mass is 9.93. The average molecular weight is 231 g/mol. The molecule has 2 aromatic rings. The Morgan fingerprint density at radius 1 is 1.47 bits per heavy atom. The van der Waals surface area contributed by atoms with Gasteiger partial charge in [0.1, 0.15) is 11.6 Å². The maximum atomic E-state index is 9.46. The van der Waals surface area contributed by atoms with Crippen molar-refractivity contribution in [2.75, 3.05) is 6.54 Å². The van der Waals surface area contributed by atoms with Crippen molar-refractivity contribution in [3.8, 4) is 5.75 Å². The Morgan fingerprint density at radius 3 is 3.06 bits per heavy atom. The highest BCUT2D eigenvalue weighted by Gasteiger charge is 2.36. The van der Waals surface area contributed by atoms with E-state index in [4.69, 9.17) is 0 Å². The molecular formula is C13H17N3O. The minimum atomic E-state index is -0.00532. The molecule has 0 saturated carbocycles. The van der Waals surface area contributed by atoms with Gasteiger partial charge in [-0.2, -0.15) is 0 Å². The lowest BCUT2D eigenvalue weighted by Crippen LogP contribution is -2.37. The van der Waals surface area contributed by atoms with E-state index in [-0.39, 0.29) is 11.3 Å². The molecule has 1 fully saturated rings. The SMILES string of the molecule is CCC1(c2nc3ccc(O)cc3[nH]2)CCCN1. The zero-order valence-corrected chi connectivity index (χ0v) is 9.95. The molecule has 1 aromatic carbocycles. The number of phenols is 1. The minimum Gasteiger partial charge on any atom is -0.508 e. The molecule has 0 radical (unpaired) electrons. The lowest BCUT2D eigenvalue weighted by molar-refractivity contribution is 0.357. The molecule has 1 aromatic heterocycles. The second kappa shape index (κ2) is 3.74. The summed E-state index contributed by atoms with van der Waals surface area (Å²) in [4.78, 5) is 7.99. The third-order valence-electron chi connectivity index (χ3n) is 3.77. The summed E-state index contributed by atoms with van der Waals surface area (Å²) in [5, 5.41) is 13.0. The van der Waals surface area contributed by atoms with Crippen LogP contribution in [0.25, 0.3) is 11.0 Å². The summed E-state index contributed by atoms with van der Waals surface area (Å²) in [6, 6.07) is 5.25. The summed E-state index contributed by atoms with van der Waals surface area (Å²) >= 11 is 0. The van der Waals surface area contributed by atoms with Gasteiger partial charge >= 0.3 is 0 Å². The number of nitrogens with zero attached hydrogens (tertiary/aromatic N) is 1. The molecule has 17 heavy (non-hydrogen) atoms. The third kappa shape index (κ3) is 1.60. The van der Waals surface area contributed by atoms with Crippen LogP contribution in [0.5, 0.6) is 5.75 Å². The number of aromatic amines is 1. The summed E-state index contributed by atoms with van der Waals surface area (Å²) in [6.07, 6.45) is 3.34. The summed E-state index contributed by atoms with van der Waals surface area (Å²) in [5.74, 6) is 1.27. The van der Waals surface area contributed by atoms with Crippen molar-refractivity contribution >= 4 is 11.0 Å². The number of phenolic OH excluding ortho intramolecular Hbond substituents is 1. The van der Waals surface area contributed by atoms with Gasteiger partial charge in [0.2, 0.25) is 0 Å². The molecular weight excluding hydrogens is 214 g/mol. The van der Waals surface area contributed by atoms with Gasteiger partial charge < -0.3 is 15.4 Å². The van der Waals surface area contributed by atoms with Crippen LogP contribution in [0, 0.1) is 0 Å². The van der Waals surface area contributed by atoms with Gasteiger partial charge in [-0.3, -0.25) is 0 Å². The number of hydrogen-bond acceptors (Lipinski definition) is 3. The molecule has 1 aliphatic heterocycles. The van der Waals surface area contributed by atoms with E-state index < -0.39 is 0 Å². The van der Waals surface area contributed by atoms with Crippen LogP contribution in [-0.4, -0.2) is 21.6 Å². The van der Waals surface area contributed by atoms with Crippen molar-refractivity contribution in [3.05, 3.63) is 24.0 Å². The molecule has 3 N–H and O–H groups in total. The van der Waals surface area contributed by atoms with E-state index >= 15 is 0 Å². The van der Waals surface area contributed by atoms with Gasteiger partial charge in [0.15, 0.2) is 0 Å². The molecule has 1 aliphatic rings. The van der Waals surface area contributed by atoms with Crippen molar-refractivity contribution in [2.45, 2.75) is 31.7 Å². The summed E-state index contributed by atoms with van der Waals surface area (Å²) in [7, 11) is 0. The van der Waals surface area contributed by atoms with Crippen LogP contribution in [0.15, 0.2) is 18.2 Å². The quantitative estimate of drug-likeness (QED) is 0.743. The van der Waals surface area contributed by atoms with Gasteiger partial charge in [0, 0.05) is 6.07 Å².